The van der Waals surface area contributed by atoms with Gasteiger partial charge in [-0.25, -0.2) is 10.2 Å². The summed E-state index contributed by atoms with van der Waals surface area (Å²) in [4.78, 5) is 28.0. The zero-order valence-electron chi connectivity index (χ0n) is 12.4. The number of rotatable bonds is 4. The molecule has 0 unspecified atom stereocenters. The van der Waals surface area contributed by atoms with Crippen LogP contribution in [0.2, 0.25) is 0 Å². The molecule has 0 radical (unpaired) electrons. The van der Waals surface area contributed by atoms with Gasteiger partial charge in [-0.1, -0.05) is 42.1 Å². The van der Waals surface area contributed by atoms with Gasteiger partial charge >= 0.3 is 6.09 Å². The van der Waals surface area contributed by atoms with E-state index in [0.717, 1.165) is 10.6 Å². The maximum absolute atomic E-state index is 11.5. The van der Waals surface area contributed by atoms with Crippen LogP contribution in [-0.4, -0.2) is 27.9 Å². The van der Waals surface area contributed by atoms with Crippen molar-refractivity contribution in [2.75, 3.05) is 10.8 Å². The second kappa shape index (κ2) is 7.05. The van der Waals surface area contributed by atoms with Crippen molar-refractivity contribution in [3.8, 4) is 5.75 Å². The van der Waals surface area contributed by atoms with Crippen LogP contribution in [0.5, 0.6) is 5.75 Å². The van der Waals surface area contributed by atoms with Crippen molar-refractivity contribution in [3.63, 3.8) is 0 Å². The molecule has 0 spiro atoms. The van der Waals surface area contributed by atoms with Crippen molar-refractivity contribution in [2.24, 2.45) is 5.10 Å². The minimum atomic E-state index is -1.23. The summed E-state index contributed by atoms with van der Waals surface area (Å²) >= 11 is 1.32. The first-order valence-electron chi connectivity index (χ1n) is 6.99. The molecule has 2 amide bonds. The normalized spacial score (nSPS) is 13.7. The molecule has 1 aliphatic heterocycles. The fourth-order valence-electron chi connectivity index (χ4n) is 1.99. The van der Waals surface area contributed by atoms with E-state index in [4.69, 9.17) is 4.84 Å². The molecule has 2 N–H and O–H groups in total. The Kier molecular flexibility index (Phi) is 4.66. The number of carbonyl (C=O) groups excluding carboxylic acids is 1. The second-order valence-electron chi connectivity index (χ2n) is 4.77. The zero-order valence-corrected chi connectivity index (χ0v) is 13.2. The molecule has 24 heavy (non-hydrogen) atoms. The lowest BCUT2D eigenvalue weighted by Gasteiger charge is -2.19. The lowest BCUT2D eigenvalue weighted by atomic mass is 10.2. The van der Waals surface area contributed by atoms with Gasteiger partial charge in [0.1, 0.15) is 5.04 Å². The molecule has 0 saturated carbocycles. The van der Waals surface area contributed by atoms with E-state index in [-0.39, 0.29) is 5.91 Å². The first-order valence-corrected chi connectivity index (χ1v) is 7.98. The quantitative estimate of drug-likeness (QED) is 0.833. The maximum atomic E-state index is 11.5. The number of benzene rings is 2. The van der Waals surface area contributed by atoms with Crippen molar-refractivity contribution >= 4 is 34.5 Å². The molecule has 122 valence electrons. The van der Waals surface area contributed by atoms with Gasteiger partial charge in [-0.05, 0) is 24.3 Å². The van der Waals surface area contributed by atoms with E-state index >= 15 is 0 Å². The molecule has 0 aliphatic carbocycles. The first-order chi connectivity index (χ1) is 11.6. The molecule has 0 saturated heterocycles. The van der Waals surface area contributed by atoms with Crippen molar-refractivity contribution in [1.29, 1.82) is 0 Å². The summed E-state index contributed by atoms with van der Waals surface area (Å²) < 4.78 is 0. The number of hydroxylamine groups is 1. The molecule has 8 heteroatoms. The van der Waals surface area contributed by atoms with Crippen LogP contribution in [0.1, 0.15) is 5.56 Å². The Morgan fingerprint density at radius 3 is 2.46 bits per heavy atom. The van der Waals surface area contributed by atoms with E-state index in [1.54, 1.807) is 48.5 Å². The monoisotopic (exact) mass is 343 g/mol. The molecule has 2 aromatic rings. The molecule has 0 fully saturated rings. The van der Waals surface area contributed by atoms with Crippen molar-refractivity contribution in [2.45, 2.75) is 0 Å². The number of hydrogen-bond acceptors (Lipinski definition) is 5. The predicted octanol–water partition coefficient (Wildman–Crippen LogP) is 2.69. The van der Waals surface area contributed by atoms with Crippen molar-refractivity contribution in [3.05, 3.63) is 60.2 Å². The smallest absolute Gasteiger partial charge is 0.445 e. The topological polar surface area (TPSA) is 91.2 Å². The van der Waals surface area contributed by atoms with Gasteiger partial charge in [0, 0.05) is 5.56 Å². The summed E-state index contributed by atoms with van der Waals surface area (Å²) in [6.45, 7) is 0. The van der Waals surface area contributed by atoms with Gasteiger partial charge in [0.25, 0.3) is 5.91 Å². The number of amides is 2. The number of thioether (sulfide) groups is 1. The number of nitrogens with zero attached hydrogens (tertiary/aromatic N) is 2. The Hall–Kier alpha value is -3.00. The van der Waals surface area contributed by atoms with Gasteiger partial charge in [-0.3, -0.25) is 4.79 Å². The Morgan fingerprint density at radius 1 is 1.17 bits per heavy atom. The standard InChI is InChI=1S/C16H13N3O4S/c20-14-10-24-15(18-17-14)11-6-8-12(9-7-11)19(16(21)22)23-13-4-2-1-3-5-13/h1-9H,10H2,(H,17,20)(H,21,22). The highest BCUT2D eigenvalue weighted by Gasteiger charge is 2.18. The number of para-hydroxylation sites is 1. The summed E-state index contributed by atoms with van der Waals surface area (Å²) in [5, 5.41) is 14.8. The van der Waals surface area contributed by atoms with Gasteiger partial charge in [-0.2, -0.15) is 5.10 Å². The summed E-state index contributed by atoms with van der Waals surface area (Å²) in [6.07, 6.45) is -1.23. The van der Waals surface area contributed by atoms with Crippen molar-refractivity contribution < 1.29 is 19.5 Å². The van der Waals surface area contributed by atoms with Crippen LogP contribution in [0, 0.1) is 0 Å². The Morgan fingerprint density at radius 2 is 1.88 bits per heavy atom. The number of carboxylic acid groups (broad SMARTS) is 1. The van der Waals surface area contributed by atoms with Gasteiger partial charge in [0.05, 0.1) is 11.4 Å². The van der Waals surface area contributed by atoms with Crippen LogP contribution in [-0.2, 0) is 4.79 Å². The third-order valence-electron chi connectivity index (χ3n) is 3.08. The lowest BCUT2D eigenvalue weighted by molar-refractivity contribution is -0.118. The van der Waals surface area contributed by atoms with Crippen LogP contribution in [0.3, 0.4) is 0 Å². The van der Waals surface area contributed by atoms with Crippen molar-refractivity contribution in [1.82, 2.24) is 5.43 Å². The van der Waals surface area contributed by atoms with Gasteiger partial charge in [-0.15, -0.1) is 5.06 Å². The van der Waals surface area contributed by atoms with Crippen LogP contribution in [0.15, 0.2) is 59.7 Å². The Bertz CT molecular complexity index is 778. The minimum Gasteiger partial charge on any atom is -0.463 e. The average molecular weight is 343 g/mol. The number of carbonyl (C=O) groups is 2. The summed E-state index contributed by atoms with van der Waals surface area (Å²) in [5.41, 5.74) is 3.57. The Labute approximate surface area is 141 Å². The Balaban J connectivity index is 1.79. The van der Waals surface area contributed by atoms with Crippen LogP contribution in [0.25, 0.3) is 0 Å². The molecular weight excluding hydrogens is 330 g/mol. The van der Waals surface area contributed by atoms with E-state index in [2.05, 4.69) is 10.5 Å². The SMILES string of the molecule is O=C1CSC(c2ccc(N(Oc3ccccc3)C(=O)O)cc2)=NN1. The fourth-order valence-corrected chi connectivity index (χ4v) is 2.73. The number of nitrogens with one attached hydrogen (secondary N) is 1. The summed E-state index contributed by atoms with van der Waals surface area (Å²) in [6, 6.07) is 15.3. The molecule has 0 aromatic heterocycles. The molecular formula is C16H13N3O4S. The molecule has 7 nitrogen and oxygen atoms in total. The van der Waals surface area contributed by atoms with Crippen LogP contribution < -0.4 is 15.3 Å². The van der Waals surface area contributed by atoms with Gasteiger partial charge in [0.15, 0.2) is 5.75 Å². The van der Waals surface area contributed by atoms with Gasteiger partial charge in [0.2, 0.25) is 0 Å². The van der Waals surface area contributed by atoms with E-state index in [1.807, 2.05) is 6.07 Å². The predicted molar refractivity (Wildman–Crippen MR) is 91.2 cm³/mol. The highest BCUT2D eigenvalue weighted by atomic mass is 32.2. The highest BCUT2D eigenvalue weighted by molar-refractivity contribution is 8.15. The minimum absolute atomic E-state index is 0.145. The number of anilines is 1. The van der Waals surface area contributed by atoms with Crippen LogP contribution in [0.4, 0.5) is 10.5 Å². The van der Waals surface area contributed by atoms with E-state index in [9.17, 15) is 14.7 Å². The fraction of sp³-hybridized carbons (Fsp3) is 0.0625. The molecule has 0 atom stereocenters. The van der Waals surface area contributed by atoms with E-state index in [1.165, 1.54) is 11.8 Å². The average Bonchev–Trinajstić information content (AvgIpc) is 2.61. The largest absolute Gasteiger partial charge is 0.463 e. The van der Waals surface area contributed by atoms with Gasteiger partial charge < -0.3 is 9.94 Å². The zero-order chi connectivity index (χ0) is 16.9. The third-order valence-corrected chi connectivity index (χ3v) is 4.09. The maximum Gasteiger partial charge on any atom is 0.445 e. The third kappa shape index (κ3) is 3.66. The molecule has 2 aromatic carbocycles. The molecule has 3 rings (SSSR count). The second-order valence-corrected chi connectivity index (χ2v) is 5.73. The summed E-state index contributed by atoms with van der Waals surface area (Å²) in [7, 11) is 0. The first kappa shape index (κ1) is 15.9. The van der Waals surface area contributed by atoms with Crippen LogP contribution >= 0.6 is 11.8 Å². The number of hydrogen-bond donors (Lipinski definition) is 2. The van der Waals surface area contributed by atoms with E-state index in [0.29, 0.717) is 22.2 Å². The highest BCUT2D eigenvalue weighted by Crippen LogP contribution is 2.22. The molecule has 1 aliphatic rings. The molecule has 1 heterocycles. The summed E-state index contributed by atoms with van der Waals surface area (Å²) in [5.74, 6) is 0.575. The molecule has 0 bridgehead atoms. The van der Waals surface area contributed by atoms with E-state index < -0.39 is 6.09 Å². The lowest BCUT2D eigenvalue weighted by Crippen LogP contribution is -2.32. The number of hydrazone groups is 1.